The SMILES string of the molecule is Cc1cc(C)cc(Oc2nccc(-c3c(-c4ccc(F)cc4)ncn3C3CCNCC3)n2)c1.Cc1ccc(C)c(Oc2nccc(-c3c(-c4ccc(F)cc4)ncn3C3CCNCC3)n2)c1. The van der Waals surface area contributed by atoms with E-state index < -0.39 is 0 Å². The van der Waals surface area contributed by atoms with Crippen molar-refractivity contribution in [2.75, 3.05) is 26.2 Å². The summed E-state index contributed by atoms with van der Waals surface area (Å²) in [6.45, 7) is 11.9. The largest absolute Gasteiger partial charge is 0.424 e. The quantitative estimate of drug-likeness (QED) is 0.137. The minimum Gasteiger partial charge on any atom is -0.424 e. The average Bonchev–Trinajstić information content (AvgIpc) is 3.98. The molecule has 10 rings (SSSR count). The Hall–Kier alpha value is -7.16. The maximum absolute atomic E-state index is 13.6. The monoisotopic (exact) mass is 886 g/mol. The maximum Gasteiger partial charge on any atom is 0.322 e. The zero-order valence-corrected chi connectivity index (χ0v) is 37.5. The van der Waals surface area contributed by atoms with Crippen molar-refractivity contribution in [1.29, 1.82) is 0 Å². The van der Waals surface area contributed by atoms with Gasteiger partial charge in [0.25, 0.3) is 0 Å². The zero-order valence-electron chi connectivity index (χ0n) is 37.5. The van der Waals surface area contributed by atoms with E-state index in [1.165, 1.54) is 24.3 Å². The van der Waals surface area contributed by atoms with Crippen molar-refractivity contribution in [3.8, 4) is 68.8 Å². The number of aryl methyl sites for hydroxylation is 4. The normalized spacial score (nSPS) is 14.4. The Balaban J connectivity index is 0.000000166. The van der Waals surface area contributed by atoms with Crippen molar-refractivity contribution >= 4 is 0 Å². The van der Waals surface area contributed by atoms with Crippen LogP contribution < -0.4 is 20.1 Å². The fourth-order valence-corrected chi connectivity index (χ4v) is 8.65. The molecule has 0 amide bonds. The van der Waals surface area contributed by atoms with Crippen LogP contribution in [0.5, 0.6) is 23.5 Å². The lowest BCUT2D eigenvalue weighted by Gasteiger charge is -2.25. The predicted molar refractivity (Wildman–Crippen MR) is 252 cm³/mol. The Kier molecular flexibility index (Phi) is 13.3. The Morgan fingerprint density at radius 2 is 0.985 bits per heavy atom. The van der Waals surface area contributed by atoms with Crippen molar-refractivity contribution in [3.05, 3.63) is 156 Å². The van der Waals surface area contributed by atoms with Crippen molar-refractivity contribution in [3.63, 3.8) is 0 Å². The molecule has 8 aromatic rings. The van der Waals surface area contributed by atoms with E-state index in [9.17, 15) is 8.78 Å². The van der Waals surface area contributed by atoms with Gasteiger partial charge in [-0.1, -0.05) is 18.2 Å². The van der Waals surface area contributed by atoms with Crippen LogP contribution in [0.25, 0.3) is 45.3 Å². The van der Waals surface area contributed by atoms with E-state index in [1.54, 1.807) is 36.7 Å². The van der Waals surface area contributed by atoms with Crippen molar-refractivity contribution < 1.29 is 18.3 Å². The minimum absolute atomic E-state index is 0.274. The second-order valence-corrected chi connectivity index (χ2v) is 16.9. The minimum atomic E-state index is -0.274. The van der Waals surface area contributed by atoms with E-state index in [1.807, 2.05) is 82.8 Å². The standard InChI is InChI=1S/2C26H26FN5O/c1-17-13-18(2)15-22(14-17)33-26-29-12-9-23(31-26)25-24(19-3-5-20(27)6-4-19)30-16-32(25)21-7-10-28-11-8-21;1-17-3-4-18(2)23(15-17)33-26-29-14-11-22(31-26)25-24(19-5-7-20(27)8-6-19)30-16-32(25)21-9-12-28-13-10-21/h3-6,9,12-16,21,28H,7-8,10-11H2,1-2H3;3-8,11,14-16,21,28H,9-10,12-13H2,1-2H3. The number of nitrogens with zero attached hydrogens (tertiary/aromatic N) is 8. The Labute approximate surface area is 383 Å². The molecule has 2 aliphatic heterocycles. The van der Waals surface area contributed by atoms with Gasteiger partial charge in [0.05, 0.1) is 46.8 Å². The molecule has 0 bridgehead atoms. The van der Waals surface area contributed by atoms with Gasteiger partial charge in [-0.05, 0) is 181 Å². The Morgan fingerprint density at radius 1 is 0.515 bits per heavy atom. The van der Waals surface area contributed by atoms with Gasteiger partial charge in [-0.2, -0.15) is 9.97 Å². The van der Waals surface area contributed by atoms with Crippen LogP contribution in [0.2, 0.25) is 0 Å². The smallest absolute Gasteiger partial charge is 0.322 e. The maximum atomic E-state index is 13.6. The van der Waals surface area contributed by atoms with Crippen LogP contribution >= 0.6 is 0 Å². The highest BCUT2D eigenvalue weighted by molar-refractivity contribution is 5.78. The number of benzene rings is 4. The summed E-state index contributed by atoms with van der Waals surface area (Å²) in [6, 6.07) is 29.8. The highest BCUT2D eigenvalue weighted by Gasteiger charge is 2.26. The van der Waals surface area contributed by atoms with Crippen molar-refractivity contribution in [2.45, 2.75) is 65.5 Å². The van der Waals surface area contributed by atoms with Gasteiger partial charge >= 0.3 is 12.0 Å². The van der Waals surface area contributed by atoms with Gasteiger partial charge in [0.2, 0.25) is 0 Å². The first-order valence-corrected chi connectivity index (χ1v) is 22.4. The fourth-order valence-electron chi connectivity index (χ4n) is 8.65. The summed E-state index contributed by atoms with van der Waals surface area (Å²) >= 11 is 0. The van der Waals surface area contributed by atoms with Crippen LogP contribution in [0, 0.1) is 39.3 Å². The molecule has 66 heavy (non-hydrogen) atoms. The van der Waals surface area contributed by atoms with Crippen molar-refractivity contribution in [1.82, 2.24) is 49.7 Å². The summed E-state index contributed by atoms with van der Waals surface area (Å²) in [5.41, 5.74) is 10.8. The summed E-state index contributed by atoms with van der Waals surface area (Å²) in [6.07, 6.45) is 11.2. The predicted octanol–water partition coefficient (Wildman–Crippen LogP) is 11.0. The molecule has 0 spiro atoms. The molecule has 0 atom stereocenters. The van der Waals surface area contributed by atoms with Crippen LogP contribution in [0.1, 0.15) is 60.0 Å². The van der Waals surface area contributed by atoms with Gasteiger partial charge in [0.1, 0.15) is 23.1 Å². The molecule has 4 aromatic heterocycles. The number of hydrogen-bond acceptors (Lipinski definition) is 10. The van der Waals surface area contributed by atoms with E-state index in [0.717, 1.165) is 125 Å². The van der Waals surface area contributed by atoms with Gasteiger partial charge < -0.3 is 29.2 Å². The zero-order chi connectivity index (χ0) is 45.6. The third-order valence-electron chi connectivity index (χ3n) is 11.9. The number of imidazole rings is 2. The first-order chi connectivity index (χ1) is 32.1. The highest BCUT2D eigenvalue weighted by atomic mass is 19.1. The fraction of sp³-hybridized carbons (Fsp3) is 0.269. The van der Waals surface area contributed by atoms with Crippen LogP contribution in [0.3, 0.4) is 0 Å². The lowest BCUT2D eigenvalue weighted by atomic mass is 10.0. The number of hydrogen-bond donors (Lipinski definition) is 2. The van der Waals surface area contributed by atoms with Crippen LogP contribution in [0.15, 0.2) is 122 Å². The molecule has 4 aromatic carbocycles. The highest BCUT2D eigenvalue weighted by Crippen LogP contribution is 2.37. The molecule has 2 fully saturated rings. The van der Waals surface area contributed by atoms with E-state index in [4.69, 9.17) is 29.4 Å². The summed E-state index contributed by atoms with van der Waals surface area (Å²) in [5.74, 6) is 0.890. The summed E-state index contributed by atoms with van der Waals surface area (Å²) in [4.78, 5) is 27.6. The molecule has 0 unspecified atom stereocenters. The van der Waals surface area contributed by atoms with Crippen LogP contribution in [0.4, 0.5) is 8.78 Å². The number of ether oxygens (including phenoxy) is 2. The van der Waals surface area contributed by atoms with Crippen LogP contribution in [-0.2, 0) is 0 Å². The molecular formula is C52H52F2N10O2. The molecule has 6 heterocycles. The van der Waals surface area contributed by atoms with Gasteiger partial charge in [-0.25, -0.2) is 28.7 Å². The molecule has 2 saturated heterocycles. The molecule has 2 aliphatic rings. The first-order valence-electron chi connectivity index (χ1n) is 22.4. The molecule has 2 N–H and O–H groups in total. The second-order valence-electron chi connectivity index (χ2n) is 16.9. The van der Waals surface area contributed by atoms with Gasteiger partial charge in [0, 0.05) is 35.6 Å². The molecule has 0 radical (unpaired) electrons. The van der Waals surface area contributed by atoms with E-state index in [2.05, 4.69) is 35.8 Å². The number of nitrogens with one attached hydrogen (secondary N) is 2. The van der Waals surface area contributed by atoms with E-state index >= 15 is 0 Å². The lowest BCUT2D eigenvalue weighted by Crippen LogP contribution is -2.29. The Bertz CT molecular complexity index is 2900. The molecule has 0 aliphatic carbocycles. The van der Waals surface area contributed by atoms with Crippen LogP contribution in [-0.4, -0.2) is 65.2 Å². The van der Waals surface area contributed by atoms with E-state index in [-0.39, 0.29) is 23.7 Å². The molecule has 12 nitrogen and oxygen atoms in total. The third kappa shape index (κ3) is 10.2. The Morgan fingerprint density at radius 3 is 1.47 bits per heavy atom. The number of rotatable bonds is 10. The van der Waals surface area contributed by atoms with Crippen molar-refractivity contribution in [2.24, 2.45) is 0 Å². The topological polar surface area (TPSA) is 130 Å². The molecule has 14 heteroatoms. The average molecular weight is 887 g/mol. The molecule has 336 valence electrons. The molecule has 0 saturated carbocycles. The first kappa shape index (κ1) is 44.1. The number of halogens is 2. The number of aromatic nitrogens is 8. The summed E-state index contributed by atoms with van der Waals surface area (Å²) in [5, 5.41) is 6.83. The summed E-state index contributed by atoms with van der Waals surface area (Å²) in [7, 11) is 0. The lowest BCUT2D eigenvalue weighted by molar-refractivity contribution is 0.370. The van der Waals surface area contributed by atoms with Gasteiger partial charge in [-0.15, -0.1) is 0 Å². The van der Waals surface area contributed by atoms with Gasteiger partial charge in [-0.3, -0.25) is 0 Å². The summed E-state index contributed by atoms with van der Waals surface area (Å²) < 4.78 is 43.6. The van der Waals surface area contributed by atoms with E-state index in [0.29, 0.717) is 17.8 Å². The van der Waals surface area contributed by atoms with Gasteiger partial charge in [0.15, 0.2) is 0 Å². The molecular weight excluding hydrogens is 835 g/mol. The second kappa shape index (κ2) is 19.9. The number of piperidine rings is 2. The third-order valence-corrected chi connectivity index (χ3v) is 11.9.